The molecule has 0 N–H and O–H groups in total. The molecule has 0 saturated heterocycles. The molecule has 1 unspecified atom stereocenters. The van der Waals surface area contributed by atoms with E-state index in [2.05, 4.69) is 32.9 Å². The van der Waals surface area contributed by atoms with Gasteiger partial charge in [-0.1, -0.05) is 26.8 Å². The molecular formula is C13H19N. The first-order valence-corrected chi connectivity index (χ1v) is 5.65. The molecule has 0 aromatic carbocycles. The largest absolute Gasteiger partial charge is 0.193 e. The van der Waals surface area contributed by atoms with Crippen molar-refractivity contribution in [3.05, 3.63) is 12.2 Å². The van der Waals surface area contributed by atoms with Crippen molar-refractivity contribution >= 4 is 0 Å². The van der Waals surface area contributed by atoms with E-state index in [4.69, 9.17) is 5.26 Å². The van der Waals surface area contributed by atoms with E-state index in [1.54, 1.807) is 6.08 Å². The maximum absolute atomic E-state index is 8.58. The van der Waals surface area contributed by atoms with Gasteiger partial charge >= 0.3 is 0 Å². The minimum atomic E-state index is 0.537. The summed E-state index contributed by atoms with van der Waals surface area (Å²) in [6.07, 6.45) is 6.56. The molecule has 76 valence electrons. The van der Waals surface area contributed by atoms with Gasteiger partial charge < -0.3 is 0 Å². The summed E-state index contributed by atoms with van der Waals surface area (Å²) in [6, 6.07) is 2.12. The molecule has 1 nitrogen and oxygen atoms in total. The van der Waals surface area contributed by atoms with Crippen LogP contribution in [0.25, 0.3) is 0 Å². The van der Waals surface area contributed by atoms with Crippen LogP contribution in [-0.4, -0.2) is 0 Å². The molecule has 0 aromatic rings. The normalized spacial score (nSPS) is 44.4. The van der Waals surface area contributed by atoms with Crippen LogP contribution in [0.5, 0.6) is 0 Å². The second-order valence-corrected chi connectivity index (χ2v) is 5.57. The maximum Gasteiger partial charge on any atom is 0.0908 e. The van der Waals surface area contributed by atoms with Gasteiger partial charge in [-0.3, -0.25) is 0 Å². The van der Waals surface area contributed by atoms with Crippen molar-refractivity contribution in [2.24, 2.45) is 29.1 Å². The lowest BCUT2D eigenvalue weighted by atomic mass is 9.80. The molecule has 14 heavy (non-hydrogen) atoms. The van der Waals surface area contributed by atoms with E-state index < -0.39 is 0 Å². The summed E-state index contributed by atoms with van der Waals surface area (Å²) in [5.41, 5.74) is 0.537. The van der Waals surface area contributed by atoms with Gasteiger partial charge in [0.05, 0.1) is 6.07 Å². The smallest absolute Gasteiger partial charge is 0.0908 e. The Bertz CT molecular complexity index is 295. The number of fused-ring (bicyclic) bond motifs is 1. The highest BCUT2D eigenvalue weighted by atomic mass is 14.7. The van der Waals surface area contributed by atoms with Crippen LogP contribution in [0.1, 0.15) is 33.6 Å². The van der Waals surface area contributed by atoms with Gasteiger partial charge in [0, 0.05) is 6.08 Å². The molecule has 0 radical (unpaired) electrons. The van der Waals surface area contributed by atoms with Crippen LogP contribution in [0.4, 0.5) is 0 Å². The van der Waals surface area contributed by atoms with Gasteiger partial charge in [-0.05, 0) is 41.9 Å². The van der Waals surface area contributed by atoms with E-state index in [1.165, 1.54) is 12.8 Å². The summed E-state index contributed by atoms with van der Waals surface area (Å²) in [7, 11) is 0. The molecule has 1 heteroatoms. The van der Waals surface area contributed by atoms with Gasteiger partial charge in [0.1, 0.15) is 0 Å². The van der Waals surface area contributed by atoms with Gasteiger partial charge in [0.25, 0.3) is 0 Å². The third kappa shape index (κ3) is 1.29. The van der Waals surface area contributed by atoms with Crippen LogP contribution < -0.4 is 0 Å². The summed E-state index contributed by atoms with van der Waals surface area (Å²) in [5, 5.41) is 8.58. The first-order valence-electron chi connectivity index (χ1n) is 5.65. The summed E-state index contributed by atoms with van der Waals surface area (Å²) in [5.74, 6) is 3.19. The highest BCUT2D eigenvalue weighted by molar-refractivity contribution is 5.17. The highest BCUT2D eigenvalue weighted by Crippen LogP contribution is 2.68. The summed E-state index contributed by atoms with van der Waals surface area (Å²) in [6.45, 7) is 7.10. The van der Waals surface area contributed by atoms with Gasteiger partial charge in [-0.25, -0.2) is 0 Å². The fraction of sp³-hybridized carbons (Fsp3) is 0.769. The van der Waals surface area contributed by atoms with Crippen molar-refractivity contribution in [1.82, 2.24) is 0 Å². The summed E-state index contributed by atoms with van der Waals surface area (Å²) >= 11 is 0. The van der Waals surface area contributed by atoms with Gasteiger partial charge in [-0.15, -0.1) is 0 Å². The number of hydrogen-bond donors (Lipinski definition) is 0. The Labute approximate surface area is 86.8 Å². The predicted molar refractivity (Wildman–Crippen MR) is 57.4 cm³/mol. The predicted octanol–water partition coefficient (Wildman–Crippen LogP) is 3.38. The topological polar surface area (TPSA) is 23.8 Å². The van der Waals surface area contributed by atoms with Crippen LogP contribution in [0.2, 0.25) is 0 Å². The Morgan fingerprint density at radius 3 is 2.71 bits per heavy atom. The Kier molecular flexibility index (Phi) is 2.18. The SMILES string of the molecule is C[C@@H]1CCC2[C@H]([C@@H]1C=CC#N)C2(C)C. The van der Waals surface area contributed by atoms with Crippen LogP contribution in [0.3, 0.4) is 0 Å². The molecular weight excluding hydrogens is 170 g/mol. The highest BCUT2D eigenvalue weighted by Gasteiger charge is 2.62. The number of rotatable bonds is 1. The first kappa shape index (κ1) is 9.77. The lowest BCUT2D eigenvalue weighted by molar-refractivity contribution is 0.285. The van der Waals surface area contributed by atoms with Crippen molar-refractivity contribution < 1.29 is 0 Å². The summed E-state index contributed by atoms with van der Waals surface area (Å²) in [4.78, 5) is 0. The number of nitrogens with zero attached hydrogens (tertiary/aromatic N) is 1. The molecule has 4 atom stereocenters. The van der Waals surface area contributed by atoms with E-state index in [0.717, 1.165) is 17.8 Å². The van der Waals surface area contributed by atoms with E-state index in [9.17, 15) is 0 Å². The minimum Gasteiger partial charge on any atom is -0.193 e. The van der Waals surface area contributed by atoms with Crippen molar-refractivity contribution in [3.8, 4) is 6.07 Å². The van der Waals surface area contributed by atoms with Crippen LogP contribution in [0.15, 0.2) is 12.2 Å². The Balaban J connectivity index is 2.14. The second kappa shape index (κ2) is 3.12. The zero-order valence-corrected chi connectivity index (χ0v) is 9.33. The first-order chi connectivity index (χ1) is 6.59. The van der Waals surface area contributed by atoms with E-state index in [-0.39, 0.29) is 0 Å². The molecule has 2 saturated carbocycles. The van der Waals surface area contributed by atoms with E-state index >= 15 is 0 Å². The van der Waals surface area contributed by atoms with Gasteiger partial charge in [0.15, 0.2) is 0 Å². The molecule has 0 bridgehead atoms. The zero-order valence-electron chi connectivity index (χ0n) is 9.33. The number of nitriles is 1. The number of hydrogen-bond acceptors (Lipinski definition) is 1. The molecule has 0 amide bonds. The van der Waals surface area contributed by atoms with Crippen LogP contribution >= 0.6 is 0 Å². The van der Waals surface area contributed by atoms with Crippen LogP contribution in [-0.2, 0) is 0 Å². The van der Waals surface area contributed by atoms with Crippen molar-refractivity contribution in [1.29, 1.82) is 5.26 Å². The van der Waals surface area contributed by atoms with Gasteiger partial charge in [-0.2, -0.15) is 5.26 Å². The minimum absolute atomic E-state index is 0.537. The fourth-order valence-electron chi connectivity index (χ4n) is 3.55. The van der Waals surface area contributed by atoms with Crippen molar-refractivity contribution in [3.63, 3.8) is 0 Å². The summed E-state index contributed by atoms with van der Waals surface area (Å²) < 4.78 is 0. The van der Waals surface area contributed by atoms with Crippen molar-refractivity contribution in [2.45, 2.75) is 33.6 Å². The van der Waals surface area contributed by atoms with E-state index in [0.29, 0.717) is 11.3 Å². The zero-order chi connectivity index (χ0) is 10.3. The third-order valence-corrected chi connectivity index (χ3v) is 4.54. The monoisotopic (exact) mass is 189 g/mol. The molecule has 2 fully saturated rings. The molecule has 0 heterocycles. The van der Waals surface area contributed by atoms with Crippen LogP contribution in [0, 0.1) is 40.4 Å². The molecule has 0 spiro atoms. The molecule has 2 aliphatic rings. The standard InChI is InChI=1S/C13H19N/c1-9-6-7-11-12(13(11,2)3)10(9)5-4-8-14/h4-5,9-12H,6-7H2,1-3H3/t9-,10-,11?,12+/m1/s1. The lowest BCUT2D eigenvalue weighted by Crippen LogP contribution is -2.17. The molecule has 0 aromatic heterocycles. The fourth-order valence-corrected chi connectivity index (χ4v) is 3.55. The van der Waals surface area contributed by atoms with E-state index in [1.807, 2.05) is 0 Å². The average Bonchev–Trinajstić information content (AvgIpc) is 2.68. The van der Waals surface area contributed by atoms with Crippen molar-refractivity contribution in [2.75, 3.05) is 0 Å². The maximum atomic E-state index is 8.58. The third-order valence-electron chi connectivity index (χ3n) is 4.54. The Morgan fingerprint density at radius 2 is 2.07 bits per heavy atom. The molecule has 2 aliphatic carbocycles. The van der Waals surface area contributed by atoms with Gasteiger partial charge in [0.2, 0.25) is 0 Å². The number of allylic oxidation sites excluding steroid dienone is 2. The second-order valence-electron chi connectivity index (χ2n) is 5.57. The average molecular weight is 189 g/mol. The lowest BCUT2D eigenvalue weighted by Gasteiger charge is -2.25. The molecule has 0 aliphatic heterocycles. The Morgan fingerprint density at radius 1 is 1.36 bits per heavy atom. The molecule has 2 rings (SSSR count). The quantitative estimate of drug-likeness (QED) is 0.580. The Hall–Kier alpha value is -0.770.